The third kappa shape index (κ3) is 2.52. The topological polar surface area (TPSA) is 71.9 Å². The third-order valence-electron chi connectivity index (χ3n) is 3.93. The number of aromatic nitrogens is 2. The Kier molecular flexibility index (Phi) is 3.20. The molecule has 0 saturated carbocycles. The smallest absolute Gasteiger partial charge is 0.306 e. The van der Waals surface area contributed by atoms with Crippen molar-refractivity contribution in [3.05, 3.63) is 34.2 Å². The van der Waals surface area contributed by atoms with Crippen LogP contribution in [0.5, 0.6) is 0 Å². The van der Waals surface area contributed by atoms with Gasteiger partial charge in [0.25, 0.3) is 0 Å². The number of H-pyrrole nitrogens is 1. The summed E-state index contributed by atoms with van der Waals surface area (Å²) < 4.78 is 25.1. The van der Waals surface area contributed by atoms with E-state index >= 15 is 0 Å². The molecule has 0 spiro atoms. The first-order valence-corrected chi connectivity index (χ1v) is 8.66. The summed E-state index contributed by atoms with van der Waals surface area (Å²) in [6.45, 7) is 2.45. The molecule has 5 nitrogen and oxygen atoms in total. The van der Waals surface area contributed by atoms with Crippen LogP contribution in [0.4, 0.5) is 0 Å². The maximum atomic E-state index is 12.0. The van der Waals surface area contributed by atoms with Gasteiger partial charge in [-0.3, -0.25) is 4.57 Å². The van der Waals surface area contributed by atoms with E-state index in [0.29, 0.717) is 13.0 Å². The van der Waals surface area contributed by atoms with E-state index in [2.05, 4.69) is 4.98 Å². The van der Waals surface area contributed by atoms with Crippen LogP contribution < -0.4 is 5.69 Å². The molecule has 1 saturated heterocycles. The summed E-state index contributed by atoms with van der Waals surface area (Å²) in [5.41, 5.74) is 2.59. The van der Waals surface area contributed by atoms with Crippen molar-refractivity contribution >= 4 is 20.9 Å². The summed E-state index contributed by atoms with van der Waals surface area (Å²) in [7, 11) is -2.93. The molecule has 1 atom stereocenters. The number of aromatic amines is 1. The van der Waals surface area contributed by atoms with E-state index in [-0.39, 0.29) is 23.1 Å². The average Bonchev–Trinajstić information content (AvgIpc) is 2.65. The van der Waals surface area contributed by atoms with Gasteiger partial charge in [-0.1, -0.05) is 6.07 Å². The number of sulfone groups is 1. The Morgan fingerprint density at radius 2 is 2.20 bits per heavy atom. The number of nitrogens with zero attached hydrogens (tertiary/aromatic N) is 1. The van der Waals surface area contributed by atoms with Crippen LogP contribution in [-0.4, -0.2) is 29.5 Å². The Labute approximate surface area is 117 Å². The van der Waals surface area contributed by atoms with E-state index in [1.165, 1.54) is 0 Å². The Bertz CT molecular complexity index is 801. The minimum Gasteiger partial charge on any atom is -0.306 e. The summed E-state index contributed by atoms with van der Waals surface area (Å²) in [4.78, 5) is 14.9. The van der Waals surface area contributed by atoms with Crippen molar-refractivity contribution in [1.82, 2.24) is 9.55 Å². The molecule has 1 aromatic heterocycles. The first kappa shape index (κ1) is 13.4. The van der Waals surface area contributed by atoms with Crippen molar-refractivity contribution in [3.63, 3.8) is 0 Å². The van der Waals surface area contributed by atoms with E-state index in [1.807, 2.05) is 25.1 Å². The summed E-state index contributed by atoms with van der Waals surface area (Å²) in [6.07, 6.45) is 1.56. The van der Waals surface area contributed by atoms with Crippen LogP contribution >= 0.6 is 0 Å². The molecule has 1 fully saturated rings. The van der Waals surface area contributed by atoms with Crippen LogP contribution in [0.15, 0.2) is 23.0 Å². The van der Waals surface area contributed by atoms with Gasteiger partial charge >= 0.3 is 5.69 Å². The minimum absolute atomic E-state index is 0.0333. The standard InChI is InChI=1S/C14H18N2O3S/c1-10-4-5-12-13(7-10)16(14(17)15-12)8-11-3-2-6-20(18,19)9-11/h4-5,7,11H,2-3,6,8-9H2,1H3,(H,15,17). The zero-order valence-corrected chi connectivity index (χ0v) is 12.2. The fourth-order valence-electron chi connectivity index (χ4n) is 2.96. The fourth-order valence-corrected chi connectivity index (χ4v) is 4.73. The maximum absolute atomic E-state index is 12.0. The monoisotopic (exact) mass is 294 g/mol. The molecule has 1 unspecified atom stereocenters. The molecule has 2 aromatic rings. The van der Waals surface area contributed by atoms with Gasteiger partial charge in [0, 0.05) is 6.54 Å². The number of aryl methyl sites for hydroxylation is 1. The molecule has 0 aliphatic carbocycles. The van der Waals surface area contributed by atoms with Crippen LogP contribution in [-0.2, 0) is 16.4 Å². The van der Waals surface area contributed by atoms with Crippen molar-refractivity contribution in [2.75, 3.05) is 11.5 Å². The average molecular weight is 294 g/mol. The zero-order chi connectivity index (χ0) is 14.3. The molecule has 1 N–H and O–H groups in total. The van der Waals surface area contributed by atoms with Crippen LogP contribution in [0.2, 0.25) is 0 Å². The Morgan fingerprint density at radius 1 is 1.40 bits per heavy atom. The number of benzene rings is 1. The molecule has 1 aliphatic heterocycles. The van der Waals surface area contributed by atoms with Gasteiger partial charge in [-0.15, -0.1) is 0 Å². The van der Waals surface area contributed by atoms with Gasteiger partial charge in [-0.05, 0) is 43.4 Å². The molecule has 0 radical (unpaired) electrons. The summed E-state index contributed by atoms with van der Waals surface area (Å²) in [5, 5.41) is 0. The molecular weight excluding hydrogens is 276 g/mol. The fraction of sp³-hybridized carbons (Fsp3) is 0.500. The molecule has 3 rings (SSSR count). The van der Waals surface area contributed by atoms with Gasteiger partial charge in [-0.25, -0.2) is 13.2 Å². The lowest BCUT2D eigenvalue weighted by molar-refractivity contribution is 0.427. The van der Waals surface area contributed by atoms with Crippen molar-refractivity contribution in [2.24, 2.45) is 5.92 Å². The van der Waals surface area contributed by atoms with Crippen molar-refractivity contribution in [1.29, 1.82) is 0 Å². The van der Waals surface area contributed by atoms with Crippen LogP contribution in [0.25, 0.3) is 11.0 Å². The number of hydrogen-bond donors (Lipinski definition) is 1. The molecule has 6 heteroatoms. The molecule has 108 valence electrons. The summed E-state index contributed by atoms with van der Waals surface area (Å²) in [5.74, 6) is 0.509. The van der Waals surface area contributed by atoms with E-state index in [1.54, 1.807) is 4.57 Å². The van der Waals surface area contributed by atoms with Gasteiger partial charge in [0.05, 0.1) is 22.5 Å². The van der Waals surface area contributed by atoms with Gasteiger partial charge in [0.2, 0.25) is 0 Å². The lowest BCUT2D eigenvalue weighted by Crippen LogP contribution is -2.30. The Morgan fingerprint density at radius 3 is 2.95 bits per heavy atom. The van der Waals surface area contributed by atoms with Crippen LogP contribution in [0, 0.1) is 12.8 Å². The lowest BCUT2D eigenvalue weighted by Gasteiger charge is -2.22. The summed E-state index contributed by atoms with van der Waals surface area (Å²) >= 11 is 0. The Hall–Kier alpha value is -1.56. The van der Waals surface area contributed by atoms with E-state index in [0.717, 1.165) is 23.0 Å². The van der Waals surface area contributed by atoms with Gasteiger partial charge < -0.3 is 4.98 Å². The minimum atomic E-state index is -2.93. The Balaban J connectivity index is 1.96. The molecule has 20 heavy (non-hydrogen) atoms. The maximum Gasteiger partial charge on any atom is 0.326 e. The van der Waals surface area contributed by atoms with Crippen LogP contribution in [0.1, 0.15) is 18.4 Å². The number of hydrogen-bond acceptors (Lipinski definition) is 3. The molecule has 0 bridgehead atoms. The highest BCUT2D eigenvalue weighted by Crippen LogP contribution is 2.21. The van der Waals surface area contributed by atoms with Crippen LogP contribution in [0.3, 0.4) is 0 Å². The molecule has 0 amide bonds. The highest BCUT2D eigenvalue weighted by molar-refractivity contribution is 7.91. The van der Waals surface area contributed by atoms with Crippen molar-refractivity contribution < 1.29 is 8.42 Å². The molecule has 1 aromatic carbocycles. The SMILES string of the molecule is Cc1ccc2[nH]c(=O)n(CC3CCCS(=O)(=O)C3)c2c1. The van der Waals surface area contributed by atoms with Crippen molar-refractivity contribution in [3.8, 4) is 0 Å². The normalized spacial score (nSPS) is 22.1. The molecule has 1 aliphatic rings. The predicted octanol–water partition coefficient (Wildman–Crippen LogP) is 1.46. The highest BCUT2D eigenvalue weighted by atomic mass is 32.2. The van der Waals surface area contributed by atoms with E-state index in [4.69, 9.17) is 0 Å². The van der Waals surface area contributed by atoms with E-state index in [9.17, 15) is 13.2 Å². The first-order valence-electron chi connectivity index (χ1n) is 6.84. The molecular formula is C14H18N2O3S. The predicted molar refractivity (Wildman–Crippen MR) is 78.7 cm³/mol. The lowest BCUT2D eigenvalue weighted by atomic mass is 10.1. The third-order valence-corrected chi connectivity index (χ3v) is 5.82. The van der Waals surface area contributed by atoms with Gasteiger partial charge in [-0.2, -0.15) is 0 Å². The number of rotatable bonds is 2. The van der Waals surface area contributed by atoms with E-state index < -0.39 is 9.84 Å². The zero-order valence-electron chi connectivity index (χ0n) is 11.4. The first-order chi connectivity index (χ1) is 9.44. The second kappa shape index (κ2) is 4.77. The second-order valence-corrected chi connectivity index (χ2v) is 7.91. The number of imidazole rings is 1. The second-order valence-electron chi connectivity index (χ2n) is 5.68. The molecule has 2 heterocycles. The highest BCUT2D eigenvalue weighted by Gasteiger charge is 2.25. The van der Waals surface area contributed by atoms with Crippen molar-refractivity contribution in [2.45, 2.75) is 26.3 Å². The van der Waals surface area contributed by atoms with Gasteiger partial charge in [0.1, 0.15) is 0 Å². The quantitative estimate of drug-likeness (QED) is 0.911. The number of fused-ring (bicyclic) bond motifs is 1. The number of nitrogens with one attached hydrogen (secondary N) is 1. The van der Waals surface area contributed by atoms with Gasteiger partial charge in [0.15, 0.2) is 9.84 Å². The summed E-state index contributed by atoms with van der Waals surface area (Å²) in [6, 6.07) is 5.80. The largest absolute Gasteiger partial charge is 0.326 e.